The highest BCUT2D eigenvalue weighted by Gasteiger charge is 2.34. The van der Waals surface area contributed by atoms with Crippen molar-refractivity contribution in [2.45, 2.75) is 19.0 Å². The van der Waals surface area contributed by atoms with Crippen LogP contribution in [0.4, 0.5) is 13.2 Å². The maximum atomic E-state index is 12.6. The summed E-state index contributed by atoms with van der Waals surface area (Å²) in [6, 6.07) is 0.586. The van der Waals surface area contributed by atoms with Gasteiger partial charge in [-0.15, -0.1) is 0 Å². The zero-order chi connectivity index (χ0) is 16.3. The second kappa shape index (κ2) is 6.51. The van der Waals surface area contributed by atoms with E-state index in [1.54, 1.807) is 0 Å². The zero-order valence-corrected chi connectivity index (χ0v) is 12.2. The van der Waals surface area contributed by atoms with E-state index in [1.165, 1.54) is 0 Å². The lowest BCUT2D eigenvalue weighted by molar-refractivity contribution is -0.138. The van der Waals surface area contributed by atoms with Gasteiger partial charge in [0.1, 0.15) is 5.56 Å². The van der Waals surface area contributed by atoms with E-state index in [-0.39, 0.29) is 5.56 Å². The summed E-state index contributed by atoms with van der Waals surface area (Å²) < 4.78 is 37.9. The Kier molecular flexibility index (Phi) is 4.90. The average molecular weight is 317 g/mol. The Balaban J connectivity index is 2.00. The molecule has 1 aliphatic heterocycles. The Morgan fingerprint density at radius 1 is 1.41 bits per heavy atom. The number of aromatic amines is 1. The molecule has 1 aromatic rings. The molecule has 8 heteroatoms. The molecule has 0 radical (unpaired) electrons. The van der Waals surface area contributed by atoms with Gasteiger partial charge in [0.05, 0.1) is 5.56 Å². The standard InChI is InChI=1S/C14H18F3N3O2/c1-20-4-2-9(3-5-20)7-18-12(21)10-6-11(14(15,16)17)13(22)19-8-10/h6,8-9H,2-5,7H2,1H3,(H,18,21)(H,19,22). The fourth-order valence-corrected chi connectivity index (χ4v) is 2.43. The van der Waals surface area contributed by atoms with E-state index in [0.717, 1.165) is 32.1 Å². The summed E-state index contributed by atoms with van der Waals surface area (Å²) in [6.07, 6.45) is -1.90. The Labute approximate surface area is 125 Å². The molecule has 0 spiro atoms. The van der Waals surface area contributed by atoms with E-state index >= 15 is 0 Å². The van der Waals surface area contributed by atoms with Gasteiger partial charge in [-0.25, -0.2) is 0 Å². The molecule has 0 aromatic carbocycles. The topological polar surface area (TPSA) is 65.2 Å². The number of hydrogen-bond donors (Lipinski definition) is 2. The molecule has 1 saturated heterocycles. The van der Waals surface area contributed by atoms with Gasteiger partial charge in [-0.3, -0.25) is 9.59 Å². The van der Waals surface area contributed by atoms with Gasteiger partial charge < -0.3 is 15.2 Å². The molecule has 0 atom stereocenters. The Bertz CT molecular complexity index is 590. The van der Waals surface area contributed by atoms with Gasteiger partial charge in [0.2, 0.25) is 0 Å². The number of alkyl halides is 3. The van der Waals surface area contributed by atoms with Crippen LogP contribution >= 0.6 is 0 Å². The first-order valence-electron chi connectivity index (χ1n) is 7.04. The molecular formula is C14H18F3N3O2. The van der Waals surface area contributed by atoms with E-state index in [0.29, 0.717) is 18.5 Å². The summed E-state index contributed by atoms with van der Waals surface area (Å²) >= 11 is 0. The third-order valence-electron chi connectivity index (χ3n) is 3.86. The zero-order valence-electron chi connectivity index (χ0n) is 12.2. The first-order chi connectivity index (χ1) is 10.3. The molecule has 1 aromatic heterocycles. The van der Waals surface area contributed by atoms with Gasteiger partial charge in [0, 0.05) is 12.7 Å². The number of hydrogen-bond acceptors (Lipinski definition) is 3. The normalized spacial score (nSPS) is 17.5. The van der Waals surface area contributed by atoms with E-state index < -0.39 is 23.2 Å². The van der Waals surface area contributed by atoms with Crippen LogP contribution < -0.4 is 10.9 Å². The van der Waals surface area contributed by atoms with Crippen molar-refractivity contribution in [1.82, 2.24) is 15.2 Å². The van der Waals surface area contributed by atoms with Crippen molar-refractivity contribution >= 4 is 5.91 Å². The molecule has 5 nitrogen and oxygen atoms in total. The molecular weight excluding hydrogens is 299 g/mol. The maximum absolute atomic E-state index is 12.6. The minimum Gasteiger partial charge on any atom is -0.352 e. The first-order valence-corrected chi connectivity index (χ1v) is 7.04. The van der Waals surface area contributed by atoms with Crippen molar-refractivity contribution in [3.8, 4) is 0 Å². The van der Waals surface area contributed by atoms with Gasteiger partial charge in [-0.05, 0) is 45.0 Å². The first kappa shape index (κ1) is 16.5. The minimum atomic E-state index is -4.78. The highest BCUT2D eigenvalue weighted by atomic mass is 19.4. The summed E-state index contributed by atoms with van der Waals surface area (Å²) in [7, 11) is 2.02. The summed E-state index contributed by atoms with van der Waals surface area (Å²) in [5, 5.41) is 2.63. The molecule has 0 unspecified atom stereocenters. The Morgan fingerprint density at radius 3 is 2.64 bits per heavy atom. The Morgan fingerprint density at radius 2 is 2.05 bits per heavy atom. The summed E-state index contributed by atoms with van der Waals surface area (Å²) in [6.45, 7) is 2.31. The summed E-state index contributed by atoms with van der Waals surface area (Å²) in [4.78, 5) is 27.2. The number of nitrogens with zero attached hydrogens (tertiary/aromatic N) is 1. The lowest BCUT2D eigenvalue weighted by atomic mass is 9.97. The molecule has 2 rings (SSSR count). The Hall–Kier alpha value is -1.83. The van der Waals surface area contributed by atoms with Crippen molar-refractivity contribution in [3.05, 3.63) is 33.7 Å². The highest BCUT2D eigenvalue weighted by molar-refractivity contribution is 5.94. The number of carbonyl (C=O) groups is 1. The second-order valence-corrected chi connectivity index (χ2v) is 5.59. The quantitative estimate of drug-likeness (QED) is 0.887. The monoisotopic (exact) mass is 317 g/mol. The van der Waals surface area contributed by atoms with Gasteiger partial charge in [0.15, 0.2) is 0 Å². The van der Waals surface area contributed by atoms with E-state index in [9.17, 15) is 22.8 Å². The number of halogens is 3. The molecule has 122 valence electrons. The van der Waals surface area contributed by atoms with Crippen molar-refractivity contribution in [3.63, 3.8) is 0 Å². The van der Waals surface area contributed by atoms with Crippen molar-refractivity contribution in [2.24, 2.45) is 5.92 Å². The van der Waals surface area contributed by atoms with Gasteiger partial charge in [0.25, 0.3) is 11.5 Å². The molecule has 1 amide bonds. The number of likely N-dealkylation sites (tertiary alicyclic amines) is 1. The number of rotatable bonds is 3. The SMILES string of the molecule is CN1CCC(CNC(=O)c2c[nH]c(=O)c(C(F)(F)F)c2)CC1. The maximum Gasteiger partial charge on any atom is 0.421 e. The molecule has 1 aliphatic rings. The fraction of sp³-hybridized carbons (Fsp3) is 0.571. The second-order valence-electron chi connectivity index (χ2n) is 5.59. The molecule has 0 bridgehead atoms. The lowest BCUT2D eigenvalue weighted by Gasteiger charge is -2.28. The molecule has 22 heavy (non-hydrogen) atoms. The van der Waals surface area contributed by atoms with Gasteiger partial charge >= 0.3 is 6.18 Å². The molecule has 1 fully saturated rings. The number of piperidine rings is 1. The summed E-state index contributed by atoms with van der Waals surface area (Å²) in [5.41, 5.74) is -2.81. The highest BCUT2D eigenvalue weighted by Crippen LogP contribution is 2.26. The van der Waals surface area contributed by atoms with Crippen LogP contribution in [0.15, 0.2) is 17.1 Å². The van der Waals surface area contributed by atoms with Crippen molar-refractivity contribution in [2.75, 3.05) is 26.7 Å². The predicted octanol–water partition coefficient (Wildman–Crippen LogP) is 1.47. The van der Waals surface area contributed by atoms with Crippen LogP contribution in [0.2, 0.25) is 0 Å². The average Bonchev–Trinajstić information content (AvgIpc) is 2.45. The van der Waals surface area contributed by atoms with Crippen LogP contribution in [0, 0.1) is 5.92 Å². The number of H-pyrrole nitrogens is 1. The third kappa shape index (κ3) is 4.09. The van der Waals surface area contributed by atoms with Crippen LogP contribution in [-0.4, -0.2) is 42.5 Å². The largest absolute Gasteiger partial charge is 0.421 e. The van der Waals surface area contributed by atoms with Gasteiger partial charge in [-0.1, -0.05) is 0 Å². The van der Waals surface area contributed by atoms with Crippen molar-refractivity contribution in [1.29, 1.82) is 0 Å². The number of amides is 1. The smallest absolute Gasteiger partial charge is 0.352 e. The fourth-order valence-electron chi connectivity index (χ4n) is 2.43. The lowest BCUT2D eigenvalue weighted by Crippen LogP contribution is -2.37. The minimum absolute atomic E-state index is 0.195. The van der Waals surface area contributed by atoms with Crippen molar-refractivity contribution < 1.29 is 18.0 Å². The summed E-state index contributed by atoms with van der Waals surface area (Å²) in [5.74, 6) is -0.286. The molecule has 0 saturated carbocycles. The van der Waals surface area contributed by atoms with E-state index in [2.05, 4.69) is 10.2 Å². The van der Waals surface area contributed by atoms with Crippen LogP contribution in [-0.2, 0) is 6.18 Å². The van der Waals surface area contributed by atoms with E-state index in [4.69, 9.17) is 0 Å². The van der Waals surface area contributed by atoms with E-state index in [1.807, 2.05) is 12.0 Å². The number of aromatic nitrogens is 1. The molecule has 2 heterocycles. The number of nitrogens with one attached hydrogen (secondary N) is 2. The number of pyridine rings is 1. The predicted molar refractivity (Wildman–Crippen MR) is 74.6 cm³/mol. The molecule has 2 N–H and O–H groups in total. The van der Waals surface area contributed by atoms with Crippen LogP contribution in [0.5, 0.6) is 0 Å². The van der Waals surface area contributed by atoms with Crippen LogP contribution in [0.3, 0.4) is 0 Å². The van der Waals surface area contributed by atoms with Gasteiger partial charge in [-0.2, -0.15) is 13.2 Å². The van der Waals surface area contributed by atoms with Crippen LogP contribution in [0.25, 0.3) is 0 Å². The number of carbonyl (C=O) groups excluding carboxylic acids is 1. The van der Waals surface area contributed by atoms with Crippen LogP contribution in [0.1, 0.15) is 28.8 Å². The third-order valence-corrected chi connectivity index (χ3v) is 3.86. The molecule has 0 aliphatic carbocycles.